The van der Waals surface area contributed by atoms with Crippen molar-refractivity contribution in [1.82, 2.24) is 5.16 Å². The molecule has 0 spiro atoms. The Bertz CT molecular complexity index is 1280. The molecule has 0 radical (unpaired) electrons. The summed E-state index contributed by atoms with van der Waals surface area (Å²) in [7, 11) is 1.49. The molecular formula is C25H21NO7. The highest BCUT2D eigenvalue weighted by Crippen LogP contribution is 2.26. The van der Waals surface area contributed by atoms with Crippen molar-refractivity contribution in [2.24, 2.45) is 0 Å². The number of esters is 2. The lowest BCUT2D eigenvalue weighted by Gasteiger charge is -2.08. The van der Waals surface area contributed by atoms with Crippen LogP contribution in [0.15, 0.2) is 71.3 Å². The summed E-state index contributed by atoms with van der Waals surface area (Å²) >= 11 is 0. The van der Waals surface area contributed by atoms with E-state index in [4.69, 9.17) is 23.5 Å². The van der Waals surface area contributed by atoms with Crippen LogP contribution in [0.2, 0.25) is 0 Å². The summed E-state index contributed by atoms with van der Waals surface area (Å²) in [5.74, 6) is 0.394. The molecule has 0 N–H and O–H groups in total. The minimum atomic E-state index is -0.541. The van der Waals surface area contributed by atoms with Crippen LogP contribution >= 0.6 is 0 Å². The lowest BCUT2D eigenvalue weighted by molar-refractivity contribution is 0.0526. The fourth-order valence-electron chi connectivity index (χ4n) is 3.17. The van der Waals surface area contributed by atoms with Crippen LogP contribution in [-0.4, -0.2) is 30.8 Å². The number of nitrogens with zero attached hydrogens (tertiary/aromatic N) is 1. The molecule has 0 saturated heterocycles. The molecule has 1 heterocycles. The summed E-state index contributed by atoms with van der Waals surface area (Å²) in [5.41, 5.74) is 1.81. The molecule has 4 rings (SSSR count). The Morgan fingerprint density at radius 1 is 0.939 bits per heavy atom. The van der Waals surface area contributed by atoms with Gasteiger partial charge in [-0.3, -0.25) is 0 Å². The Balaban J connectivity index is 1.43. The van der Waals surface area contributed by atoms with E-state index in [0.29, 0.717) is 46.3 Å². The molecule has 0 aliphatic heterocycles. The van der Waals surface area contributed by atoms with Gasteiger partial charge in [0.25, 0.3) is 0 Å². The first kappa shape index (κ1) is 21.9. The zero-order chi connectivity index (χ0) is 23.2. The number of carbonyl (C=O) groups is 2. The molecule has 0 atom stereocenters. The second-order valence-corrected chi connectivity index (χ2v) is 6.91. The Morgan fingerprint density at radius 2 is 1.70 bits per heavy atom. The summed E-state index contributed by atoms with van der Waals surface area (Å²) in [4.78, 5) is 24.2. The van der Waals surface area contributed by atoms with Crippen LogP contribution in [0.3, 0.4) is 0 Å². The number of ether oxygens (including phenoxy) is 4. The van der Waals surface area contributed by atoms with Gasteiger partial charge in [-0.15, -0.1) is 0 Å². The van der Waals surface area contributed by atoms with E-state index in [0.717, 1.165) is 5.39 Å². The van der Waals surface area contributed by atoms with Gasteiger partial charge in [0.2, 0.25) is 0 Å². The van der Waals surface area contributed by atoms with Gasteiger partial charge in [0, 0.05) is 11.5 Å². The van der Waals surface area contributed by atoms with Crippen LogP contribution < -0.4 is 14.2 Å². The molecule has 8 nitrogen and oxygen atoms in total. The van der Waals surface area contributed by atoms with Gasteiger partial charge in [0.05, 0.1) is 19.3 Å². The van der Waals surface area contributed by atoms with E-state index in [9.17, 15) is 9.59 Å². The molecule has 0 unspecified atom stereocenters. The number of hydrogen-bond donors (Lipinski definition) is 0. The first-order valence-electron chi connectivity index (χ1n) is 10.2. The molecule has 0 amide bonds. The van der Waals surface area contributed by atoms with E-state index in [1.807, 2.05) is 0 Å². The summed E-state index contributed by atoms with van der Waals surface area (Å²) in [6.45, 7) is 2.23. The molecule has 168 valence electrons. The number of hydrogen-bond acceptors (Lipinski definition) is 8. The highest BCUT2D eigenvalue weighted by atomic mass is 16.5. The molecule has 3 aromatic carbocycles. The number of fused-ring (bicyclic) bond motifs is 1. The number of benzene rings is 3. The van der Waals surface area contributed by atoms with Crippen molar-refractivity contribution in [3.8, 4) is 17.2 Å². The topological polar surface area (TPSA) is 97.1 Å². The van der Waals surface area contributed by atoms with E-state index in [1.54, 1.807) is 73.7 Å². The Morgan fingerprint density at radius 3 is 2.45 bits per heavy atom. The second kappa shape index (κ2) is 9.86. The SMILES string of the molecule is CCOC(=O)c1ccc(OCc2noc3cc(OC(=O)c4ccccc4OC)ccc23)cc1. The highest BCUT2D eigenvalue weighted by Gasteiger charge is 2.16. The van der Waals surface area contributed by atoms with Gasteiger partial charge < -0.3 is 23.5 Å². The van der Waals surface area contributed by atoms with Gasteiger partial charge >= 0.3 is 11.9 Å². The van der Waals surface area contributed by atoms with Crippen molar-refractivity contribution in [2.75, 3.05) is 13.7 Å². The number of para-hydroxylation sites is 1. The molecule has 33 heavy (non-hydrogen) atoms. The van der Waals surface area contributed by atoms with Gasteiger partial charge in [-0.2, -0.15) is 0 Å². The molecule has 0 fully saturated rings. The number of rotatable bonds is 8. The van der Waals surface area contributed by atoms with Crippen LogP contribution in [0.4, 0.5) is 0 Å². The average Bonchev–Trinajstić information content (AvgIpc) is 3.25. The monoisotopic (exact) mass is 447 g/mol. The van der Waals surface area contributed by atoms with Crippen molar-refractivity contribution in [3.05, 3.63) is 83.6 Å². The Hall–Kier alpha value is -4.33. The van der Waals surface area contributed by atoms with Crippen molar-refractivity contribution >= 4 is 22.9 Å². The van der Waals surface area contributed by atoms with Crippen LogP contribution in [0, 0.1) is 0 Å². The fourth-order valence-corrected chi connectivity index (χ4v) is 3.17. The van der Waals surface area contributed by atoms with E-state index in [-0.39, 0.29) is 12.6 Å². The maximum Gasteiger partial charge on any atom is 0.347 e. The summed E-state index contributed by atoms with van der Waals surface area (Å²) in [5, 5.41) is 4.78. The molecule has 8 heteroatoms. The third-order valence-corrected chi connectivity index (χ3v) is 4.80. The zero-order valence-corrected chi connectivity index (χ0v) is 18.1. The Kier molecular flexibility index (Phi) is 6.54. The highest BCUT2D eigenvalue weighted by molar-refractivity contribution is 5.94. The second-order valence-electron chi connectivity index (χ2n) is 6.91. The van der Waals surface area contributed by atoms with Crippen molar-refractivity contribution in [2.45, 2.75) is 13.5 Å². The van der Waals surface area contributed by atoms with Crippen molar-refractivity contribution in [1.29, 1.82) is 0 Å². The normalized spacial score (nSPS) is 10.6. The number of carbonyl (C=O) groups excluding carboxylic acids is 2. The van der Waals surface area contributed by atoms with Crippen LogP contribution in [0.5, 0.6) is 17.2 Å². The molecule has 0 aliphatic carbocycles. The average molecular weight is 447 g/mol. The van der Waals surface area contributed by atoms with Gasteiger partial charge in [-0.25, -0.2) is 9.59 Å². The first-order valence-corrected chi connectivity index (χ1v) is 10.2. The maximum absolute atomic E-state index is 12.5. The molecule has 0 bridgehead atoms. The van der Waals surface area contributed by atoms with Gasteiger partial charge in [-0.05, 0) is 55.5 Å². The largest absolute Gasteiger partial charge is 0.496 e. The number of methoxy groups -OCH3 is 1. The lowest BCUT2D eigenvalue weighted by Crippen LogP contribution is -2.09. The smallest absolute Gasteiger partial charge is 0.347 e. The minimum absolute atomic E-state index is 0.159. The van der Waals surface area contributed by atoms with E-state index in [1.165, 1.54) is 7.11 Å². The van der Waals surface area contributed by atoms with Crippen LogP contribution in [0.25, 0.3) is 11.0 Å². The summed E-state index contributed by atoms with van der Waals surface area (Å²) < 4.78 is 26.8. The first-order chi connectivity index (χ1) is 16.1. The van der Waals surface area contributed by atoms with Crippen LogP contribution in [-0.2, 0) is 11.3 Å². The van der Waals surface area contributed by atoms with Gasteiger partial charge in [-0.1, -0.05) is 17.3 Å². The Labute approximate surface area is 189 Å². The van der Waals surface area contributed by atoms with E-state index < -0.39 is 5.97 Å². The van der Waals surface area contributed by atoms with Crippen LogP contribution in [0.1, 0.15) is 33.3 Å². The molecule has 1 aromatic heterocycles. The summed E-state index contributed by atoms with van der Waals surface area (Å²) in [6.07, 6.45) is 0. The van der Waals surface area contributed by atoms with E-state index in [2.05, 4.69) is 5.16 Å². The third-order valence-electron chi connectivity index (χ3n) is 4.80. The third kappa shape index (κ3) is 4.95. The van der Waals surface area contributed by atoms with Crippen molar-refractivity contribution < 1.29 is 33.1 Å². The van der Waals surface area contributed by atoms with Gasteiger partial charge in [0.15, 0.2) is 5.58 Å². The zero-order valence-electron chi connectivity index (χ0n) is 18.1. The maximum atomic E-state index is 12.5. The fraction of sp³-hybridized carbons (Fsp3) is 0.160. The number of aromatic nitrogens is 1. The molecule has 0 aliphatic rings. The predicted molar refractivity (Wildman–Crippen MR) is 119 cm³/mol. The standard InChI is InChI=1S/C25H21NO7/c1-3-30-24(27)16-8-10-17(11-9-16)31-15-21-19-13-12-18(14-23(19)33-26-21)32-25(28)20-6-4-5-7-22(20)29-2/h4-14H,3,15H2,1-2H3. The van der Waals surface area contributed by atoms with Crippen molar-refractivity contribution in [3.63, 3.8) is 0 Å². The molecule has 4 aromatic rings. The van der Waals surface area contributed by atoms with E-state index >= 15 is 0 Å². The molecule has 0 saturated carbocycles. The lowest BCUT2D eigenvalue weighted by atomic mass is 10.2. The summed E-state index contributed by atoms with van der Waals surface area (Å²) in [6, 6.07) is 18.5. The van der Waals surface area contributed by atoms with Gasteiger partial charge in [0.1, 0.15) is 35.1 Å². The quantitative estimate of drug-likeness (QED) is 0.280. The molecular weight excluding hydrogens is 426 g/mol. The minimum Gasteiger partial charge on any atom is -0.496 e. The predicted octanol–water partition coefficient (Wildman–Crippen LogP) is 4.81.